The van der Waals surface area contributed by atoms with Gasteiger partial charge in [-0.25, -0.2) is 0 Å². The summed E-state index contributed by atoms with van der Waals surface area (Å²) in [6, 6.07) is 6.01. The van der Waals surface area contributed by atoms with Crippen molar-refractivity contribution in [3.63, 3.8) is 0 Å². The Labute approximate surface area is 125 Å². The van der Waals surface area contributed by atoms with Gasteiger partial charge in [0.05, 0.1) is 5.69 Å². The van der Waals surface area contributed by atoms with Crippen LogP contribution in [0.3, 0.4) is 0 Å². The van der Waals surface area contributed by atoms with E-state index in [2.05, 4.69) is 20.5 Å². The summed E-state index contributed by atoms with van der Waals surface area (Å²) in [4.78, 5) is 6.41. The smallest absolute Gasteiger partial charge is 0.166 e. The standard InChI is InChI=1S/C13H22N4S2/c1-17(2)9-7-15-13(18)16-8-10-19-11-12-5-3-4-6-14-12/h3-6H,7-11H2,1-2H3,(H2,15,16,18). The van der Waals surface area contributed by atoms with Gasteiger partial charge in [-0.3, -0.25) is 4.98 Å². The maximum atomic E-state index is 5.19. The van der Waals surface area contributed by atoms with Crippen LogP contribution < -0.4 is 10.6 Å². The molecule has 19 heavy (non-hydrogen) atoms. The predicted molar refractivity (Wildman–Crippen MR) is 87.6 cm³/mol. The Morgan fingerprint density at radius 1 is 1.32 bits per heavy atom. The van der Waals surface area contributed by atoms with Crippen molar-refractivity contribution in [1.29, 1.82) is 0 Å². The van der Waals surface area contributed by atoms with Gasteiger partial charge in [-0.2, -0.15) is 11.8 Å². The van der Waals surface area contributed by atoms with Crippen LogP contribution in [0.4, 0.5) is 0 Å². The third kappa shape index (κ3) is 8.80. The van der Waals surface area contributed by atoms with Crippen LogP contribution in [-0.2, 0) is 5.75 Å². The Morgan fingerprint density at radius 2 is 2.11 bits per heavy atom. The van der Waals surface area contributed by atoms with Crippen LogP contribution in [0.5, 0.6) is 0 Å². The molecule has 0 aromatic carbocycles. The summed E-state index contributed by atoms with van der Waals surface area (Å²) < 4.78 is 0. The molecule has 106 valence electrons. The highest BCUT2D eigenvalue weighted by Crippen LogP contribution is 2.07. The summed E-state index contributed by atoms with van der Waals surface area (Å²) in [7, 11) is 4.10. The first-order valence-electron chi connectivity index (χ1n) is 6.32. The van der Waals surface area contributed by atoms with Gasteiger partial charge >= 0.3 is 0 Å². The molecular weight excluding hydrogens is 276 g/mol. The first-order valence-corrected chi connectivity index (χ1v) is 7.89. The monoisotopic (exact) mass is 298 g/mol. The van der Waals surface area contributed by atoms with Crippen LogP contribution in [-0.4, -0.2) is 54.5 Å². The van der Waals surface area contributed by atoms with Crippen molar-refractivity contribution in [2.24, 2.45) is 0 Å². The maximum absolute atomic E-state index is 5.19. The topological polar surface area (TPSA) is 40.2 Å². The van der Waals surface area contributed by atoms with Gasteiger partial charge in [-0.05, 0) is 38.4 Å². The van der Waals surface area contributed by atoms with Gasteiger partial charge in [-0.15, -0.1) is 0 Å². The van der Waals surface area contributed by atoms with Gasteiger partial charge in [0.1, 0.15) is 0 Å². The van der Waals surface area contributed by atoms with Crippen LogP contribution in [0.2, 0.25) is 0 Å². The molecule has 0 spiro atoms. The lowest BCUT2D eigenvalue weighted by Gasteiger charge is -2.13. The summed E-state index contributed by atoms with van der Waals surface area (Å²) in [5, 5.41) is 7.12. The third-order valence-corrected chi connectivity index (χ3v) is 3.63. The molecule has 0 radical (unpaired) electrons. The lowest BCUT2D eigenvalue weighted by atomic mass is 10.4. The Kier molecular flexibility index (Phi) is 8.53. The Balaban J connectivity index is 1.97. The molecule has 0 amide bonds. The Hall–Kier alpha value is -0.850. The highest BCUT2D eigenvalue weighted by molar-refractivity contribution is 7.98. The van der Waals surface area contributed by atoms with Gasteiger partial charge in [0.25, 0.3) is 0 Å². The third-order valence-electron chi connectivity index (χ3n) is 2.35. The van der Waals surface area contributed by atoms with Gasteiger partial charge in [0.2, 0.25) is 0 Å². The Bertz CT molecular complexity index is 357. The van der Waals surface area contributed by atoms with Crippen molar-refractivity contribution in [2.75, 3.05) is 39.5 Å². The molecule has 0 atom stereocenters. The van der Waals surface area contributed by atoms with Crippen molar-refractivity contribution in [3.05, 3.63) is 30.1 Å². The predicted octanol–water partition coefficient (Wildman–Crippen LogP) is 1.34. The molecule has 2 N–H and O–H groups in total. The largest absolute Gasteiger partial charge is 0.362 e. The molecule has 6 heteroatoms. The number of thiocarbonyl (C=S) groups is 1. The molecule has 0 aliphatic rings. The van der Waals surface area contributed by atoms with Gasteiger partial charge in [0.15, 0.2) is 5.11 Å². The first kappa shape index (κ1) is 16.2. The average Bonchev–Trinajstić information content (AvgIpc) is 2.39. The highest BCUT2D eigenvalue weighted by atomic mass is 32.2. The fourth-order valence-electron chi connectivity index (χ4n) is 1.35. The summed E-state index contributed by atoms with van der Waals surface area (Å²) in [5.74, 6) is 1.97. The molecular formula is C13H22N4S2. The minimum atomic E-state index is 0.736. The van der Waals surface area contributed by atoms with Crippen molar-refractivity contribution >= 4 is 29.1 Å². The summed E-state index contributed by atoms with van der Waals surface area (Å²) in [6.07, 6.45) is 1.83. The number of hydrogen-bond donors (Lipinski definition) is 2. The zero-order valence-corrected chi connectivity index (χ0v) is 13.2. The number of pyridine rings is 1. The number of rotatable bonds is 8. The van der Waals surface area contributed by atoms with Crippen LogP contribution in [0.1, 0.15) is 5.69 Å². The van der Waals surface area contributed by atoms with Crippen molar-refractivity contribution in [1.82, 2.24) is 20.5 Å². The van der Waals surface area contributed by atoms with Crippen LogP contribution in [0.15, 0.2) is 24.4 Å². The fourth-order valence-corrected chi connectivity index (χ4v) is 2.33. The van der Waals surface area contributed by atoms with Crippen molar-refractivity contribution in [3.8, 4) is 0 Å². The molecule has 0 aliphatic carbocycles. The van der Waals surface area contributed by atoms with E-state index < -0.39 is 0 Å². The molecule has 1 rings (SSSR count). The second-order valence-corrected chi connectivity index (χ2v) is 5.87. The molecule has 1 heterocycles. The van der Waals surface area contributed by atoms with Crippen molar-refractivity contribution in [2.45, 2.75) is 5.75 Å². The van der Waals surface area contributed by atoms with Gasteiger partial charge < -0.3 is 15.5 Å². The van der Waals surface area contributed by atoms with E-state index in [-0.39, 0.29) is 0 Å². The molecule has 0 bridgehead atoms. The van der Waals surface area contributed by atoms with E-state index in [4.69, 9.17) is 12.2 Å². The quantitative estimate of drug-likeness (QED) is 0.557. The number of nitrogens with zero attached hydrogens (tertiary/aromatic N) is 2. The zero-order valence-electron chi connectivity index (χ0n) is 11.6. The molecule has 1 aromatic rings. The fraction of sp³-hybridized carbons (Fsp3) is 0.538. The van der Waals surface area contributed by atoms with Gasteiger partial charge in [-0.1, -0.05) is 6.07 Å². The van der Waals surface area contributed by atoms with E-state index in [1.165, 1.54) is 0 Å². The lowest BCUT2D eigenvalue weighted by Crippen LogP contribution is -2.39. The lowest BCUT2D eigenvalue weighted by molar-refractivity contribution is 0.412. The molecule has 0 unspecified atom stereocenters. The normalized spacial score (nSPS) is 10.5. The number of aromatic nitrogens is 1. The number of nitrogens with one attached hydrogen (secondary N) is 2. The van der Waals surface area contributed by atoms with Crippen LogP contribution in [0, 0.1) is 0 Å². The van der Waals surface area contributed by atoms with E-state index in [0.29, 0.717) is 0 Å². The van der Waals surface area contributed by atoms with E-state index in [9.17, 15) is 0 Å². The van der Waals surface area contributed by atoms with E-state index >= 15 is 0 Å². The maximum Gasteiger partial charge on any atom is 0.166 e. The number of hydrogen-bond acceptors (Lipinski definition) is 4. The second-order valence-electron chi connectivity index (χ2n) is 4.36. The number of thioether (sulfide) groups is 1. The van der Waals surface area contributed by atoms with Gasteiger partial charge in [0, 0.05) is 37.3 Å². The summed E-state index contributed by atoms with van der Waals surface area (Å²) in [5.41, 5.74) is 1.12. The molecule has 0 aliphatic heterocycles. The second kappa shape index (κ2) is 10.00. The molecule has 1 aromatic heterocycles. The first-order chi connectivity index (χ1) is 9.18. The van der Waals surface area contributed by atoms with E-state index in [1.807, 2.05) is 50.3 Å². The van der Waals surface area contributed by atoms with Crippen molar-refractivity contribution < 1.29 is 0 Å². The Morgan fingerprint density at radius 3 is 2.79 bits per heavy atom. The summed E-state index contributed by atoms with van der Waals surface area (Å²) >= 11 is 7.04. The molecule has 0 fully saturated rings. The average molecular weight is 298 g/mol. The minimum Gasteiger partial charge on any atom is -0.362 e. The van der Waals surface area contributed by atoms with E-state index in [1.54, 1.807) is 0 Å². The molecule has 0 saturated heterocycles. The highest BCUT2D eigenvalue weighted by Gasteiger charge is 1.97. The minimum absolute atomic E-state index is 0.736. The van der Waals surface area contributed by atoms with Crippen LogP contribution in [0.25, 0.3) is 0 Å². The zero-order chi connectivity index (χ0) is 13.9. The SMILES string of the molecule is CN(C)CCNC(=S)NCCSCc1ccccn1. The number of likely N-dealkylation sites (N-methyl/N-ethyl adjacent to an activating group) is 1. The van der Waals surface area contributed by atoms with E-state index in [0.717, 1.165) is 41.9 Å². The molecule has 4 nitrogen and oxygen atoms in total. The van der Waals surface area contributed by atoms with Crippen LogP contribution >= 0.6 is 24.0 Å². The summed E-state index contributed by atoms with van der Waals surface area (Å²) in [6.45, 7) is 2.74. The molecule has 0 saturated carbocycles.